The zero-order chi connectivity index (χ0) is 18.1. The molecule has 0 spiro atoms. The average Bonchev–Trinajstić information content (AvgIpc) is 2.56. The second-order valence-corrected chi connectivity index (χ2v) is 5.20. The lowest BCUT2D eigenvalue weighted by Gasteiger charge is -2.15. The number of carboxylic acids is 1. The Morgan fingerprint density at radius 3 is 2.38 bits per heavy atom. The second kappa shape index (κ2) is 9.51. The number of carboxylic acid groups (broad SMARTS) is 1. The number of primary amides is 1. The predicted octanol–water partition coefficient (Wildman–Crippen LogP) is 0.345. The van der Waals surface area contributed by atoms with Gasteiger partial charge in [-0.25, -0.2) is 4.79 Å². The van der Waals surface area contributed by atoms with Crippen LogP contribution in [0.25, 0.3) is 0 Å². The number of nitrogens with two attached hydrogens (primary N) is 2. The number of alkyl halides is 1. The smallest absolute Gasteiger partial charge is 0.336 e. The van der Waals surface area contributed by atoms with Gasteiger partial charge in [-0.15, -0.1) is 11.6 Å². The first-order chi connectivity index (χ1) is 11.4. The third kappa shape index (κ3) is 5.88. The Morgan fingerprint density at radius 2 is 1.83 bits per heavy atom. The molecule has 9 heteroatoms. The topological polar surface area (TPSA) is 148 Å². The molecule has 1 aromatic rings. The summed E-state index contributed by atoms with van der Waals surface area (Å²) in [7, 11) is 0. The number of rotatable bonds is 9. The van der Waals surface area contributed by atoms with Crippen LogP contribution in [-0.4, -0.2) is 47.2 Å². The van der Waals surface area contributed by atoms with Crippen LogP contribution in [-0.2, 0) is 4.79 Å². The number of hydrogen-bond acceptors (Lipinski definition) is 4. The van der Waals surface area contributed by atoms with E-state index in [1.165, 1.54) is 24.3 Å². The second-order valence-electron chi connectivity index (χ2n) is 4.93. The van der Waals surface area contributed by atoms with E-state index in [9.17, 15) is 14.4 Å². The SMILES string of the molecule is NC(=O)[C@@H](CCCN=C(N)CCl)NC(=O)c1ccccc1C(=O)O. The summed E-state index contributed by atoms with van der Waals surface area (Å²) in [5.74, 6) is -2.23. The van der Waals surface area contributed by atoms with Gasteiger partial charge < -0.3 is 21.9 Å². The number of carbonyl (C=O) groups excluding carboxylic acids is 2. The summed E-state index contributed by atoms with van der Waals surface area (Å²) < 4.78 is 0. The normalized spacial score (nSPS) is 12.5. The highest BCUT2D eigenvalue weighted by Crippen LogP contribution is 2.10. The van der Waals surface area contributed by atoms with E-state index in [4.69, 9.17) is 28.2 Å². The number of nitrogens with one attached hydrogen (secondary N) is 1. The van der Waals surface area contributed by atoms with Crippen LogP contribution in [0.2, 0.25) is 0 Å². The van der Waals surface area contributed by atoms with Gasteiger partial charge >= 0.3 is 5.97 Å². The quantitative estimate of drug-likeness (QED) is 0.218. The van der Waals surface area contributed by atoms with Crippen molar-refractivity contribution >= 4 is 35.2 Å². The van der Waals surface area contributed by atoms with Crippen molar-refractivity contribution in [1.29, 1.82) is 0 Å². The molecule has 8 nitrogen and oxygen atoms in total. The monoisotopic (exact) mass is 354 g/mol. The lowest BCUT2D eigenvalue weighted by atomic mass is 10.1. The van der Waals surface area contributed by atoms with E-state index >= 15 is 0 Å². The van der Waals surface area contributed by atoms with E-state index in [-0.39, 0.29) is 29.3 Å². The van der Waals surface area contributed by atoms with Gasteiger partial charge in [0.25, 0.3) is 5.91 Å². The van der Waals surface area contributed by atoms with E-state index < -0.39 is 23.8 Å². The van der Waals surface area contributed by atoms with Gasteiger partial charge in [0.15, 0.2) is 0 Å². The summed E-state index contributed by atoms with van der Waals surface area (Å²) >= 11 is 5.49. The number of amides is 2. The number of aromatic carboxylic acids is 1. The van der Waals surface area contributed by atoms with Crippen molar-refractivity contribution in [2.45, 2.75) is 18.9 Å². The highest BCUT2D eigenvalue weighted by Gasteiger charge is 2.21. The molecule has 1 atom stereocenters. The number of carbonyl (C=O) groups is 3. The van der Waals surface area contributed by atoms with E-state index in [2.05, 4.69) is 10.3 Å². The molecular weight excluding hydrogens is 336 g/mol. The summed E-state index contributed by atoms with van der Waals surface area (Å²) in [6, 6.07) is 4.77. The third-order valence-electron chi connectivity index (χ3n) is 3.15. The summed E-state index contributed by atoms with van der Waals surface area (Å²) in [6.45, 7) is 0.337. The largest absolute Gasteiger partial charge is 0.478 e. The molecule has 24 heavy (non-hydrogen) atoms. The van der Waals surface area contributed by atoms with E-state index in [0.717, 1.165) is 0 Å². The summed E-state index contributed by atoms with van der Waals surface area (Å²) in [4.78, 5) is 38.8. The van der Waals surface area contributed by atoms with Crippen LogP contribution in [0.5, 0.6) is 0 Å². The van der Waals surface area contributed by atoms with Crippen molar-refractivity contribution in [2.75, 3.05) is 12.4 Å². The van der Waals surface area contributed by atoms with Gasteiger partial charge in [-0.1, -0.05) is 12.1 Å². The number of halogens is 1. The maximum Gasteiger partial charge on any atom is 0.336 e. The predicted molar refractivity (Wildman–Crippen MR) is 90.3 cm³/mol. The van der Waals surface area contributed by atoms with Gasteiger partial charge in [0.05, 0.1) is 17.0 Å². The molecule has 0 bridgehead atoms. The minimum atomic E-state index is -1.23. The molecule has 130 valence electrons. The molecule has 0 aliphatic rings. The molecule has 0 aromatic heterocycles. The zero-order valence-electron chi connectivity index (χ0n) is 12.9. The number of amidine groups is 1. The molecule has 6 N–H and O–H groups in total. The van der Waals surface area contributed by atoms with Crippen LogP contribution in [0.3, 0.4) is 0 Å². The van der Waals surface area contributed by atoms with Crippen molar-refractivity contribution in [2.24, 2.45) is 16.5 Å². The van der Waals surface area contributed by atoms with Gasteiger partial charge in [-0.3, -0.25) is 14.6 Å². The van der Waals surface area contributed by atoms with Crippen molar-refractivity contribution in [1.82, 2.24) is 5.32 Å². The Labute approximate surface area is 143 Å². The molecule has 0 aliphatic heterocycles. The molecule has 2 amide bonds. The standard InChI is InChI=1S/C15H19ClN4O4/c16-8-12(17)19-7-3-6-11(13(18)21)20-14(22)9-4-1-2-5-10(9)15(23)24/h1-2,4-5,11H,3,6-8H2,(H2,17,19)(H2,18,21)(H,20,22)(H,23,24)/t11-/m1/s1. The maximum absolute atomic E-state index is 12.2. The van der Waals surface area contributed by atoms with Crippen LogP contribution in [0.15, 0.2) is 29.3 Å². The summed E-state index contributed by atoms with van der Waals surface area (Å²) in [5, 5.41) is 11.5. The lowest BCUT2D eigenvalue weighted by molar-refractivity contribution is -0.120. The Bertz CT molecular complexity index is 648. The van der Waals surface area contributed by atoms with Crippen LogP contribution in [0.1, 0.15) is 33.6 Å². The molecule has 1 rings (SSSR count). The fourth-order valence-electron chi connectivity index (χ4n) is 1.95. The van der Waals surface area contributed by atoms with Crippen molar-refractivity contribution in [3.05, 3.63) is 35.4 Å². The highest BCUT2D eigenvalue weighted by molar-refractivity contribution is 6.27. The first-order valence-electron chi connectivity index (χ1n) is 7.14. The van der Waals surface area contributed by atoms with Gasteiger partial charge in [0.2, 0.25) is 5.91 Å². The minimum Gasteiger partial charge on any atom is -0.478 e. The molecule has 0 fully saturated rings. The number of hydrogen-bond donors (Lipinski definition) is 4. The molecule has 0 aliphatic carbocycles. The average molecular weight is 355 g/mol. The number of nitrogens with zero attached hydrogens (tertiary/aromatic N) is 1. The molecular formula is C15H19ClN4O4. The Kier molecular flexibility index (Phi) is 7.70. The first-order valence-corrected chi connectivity index (χ1v) is 7.67. The van der Waals surface area contributed by atoms with Gasteiger partial charge in [0, 0.05) is 6.54 Å². The Hall–Kier alpha value is -2.61. The van der Waals surface area contributed by atoms with Gasteiger partial charge in [-0.05, 0) is 25.0 Å². The minimum absolute atomic E-state index is 0.0411. The number of aliphatic imine (C=N–C) groups is 1. The molecule has 1 aromatic carbocycles. The lowest BCUT2D eigenvalue weighted by Crippen LogP contribution is -2.44. The fraction of sp³-hybridized carbons (Fsp3) is 0.333. The van der Waals surface area contributed by atoms with E-state index in [1.54, 1.807) is 0 Å². The van der Waals surface area contributed by atoms with Crippen molar-refractivity contribution in [3.8, 4) is 0 Å². The van der Waals surface area contributed by atoms with Crippen LogP contribution >= 0.6 is 11.6 Å². The van der Waals surface area contributed by atoms with Crippen molar-refractivity contribution in [3.63, 3.8) is 0 Å². The van der Waals surface area contributed by atoms with Gasteiger partial charge in [-0.2, -0.15) is 0 Å². The number of benzene rings is 1. The van der Waals surface area contributed by atoms with E-state index in [0.29, 0.717) is 13.0 Å². The fourth-order valence-corrected chi connectivity index (χ4v) is 2.03. The molecule has 0 saturated carbocycles. The zero-order valence-corrected chi connectivity index (χ0v) is 13.6. The first kappa shape index (κ1) is 19.4. The molecule has 0 radical (unpaired) electrons. The molecule has 0 heterocycles. The summed E-state index contributed by atoms with van der Waals surface area (Å²) in [5.41, 5.74) is 10.5. The van der Waals surface area contributed by atoms with Crippen LogP contribution in [0, 0.1) is 0 Å². The molecule has 0 unspecified atom stereocenters. The van der Waals surface area contributed by atoms with Crippen LogP contribution in [0.4, 0.5) is 0 Å². The van der Waals surface area contributed by atoms with Crippen molar-refractivity contribution < 1.29 is 19.5 Å². The Morgan fingerprint density at radius 1 is 1.21 bits per heavy atom. The Balaban J connectivity index is 2.74. The van der Waals surface area contributed by atoms with Gasteiger partial charge in [0.1, 0.15) is 11.9 Å². The third-order valence-corrected chi connectivity index (χ3v) is 3.43. The maximum atomic E-state index is 12.2. The van der Waals surface area contributed by atoms with E-state index in [1.807, 2.05) is 0 Å². The highest BCUT2D eigenvalue weighted by atomic mass is 35.5. The van der Waals surface area contributed by atoms with Crippen LogP contribution < -0.4 is 16.8 Å². The molecule has 0 saturated heterocycles. The summed E-state index contributed by atoms with van der Waals surface area (Å²) in [6.07, 6.45) is 0.696.